The highest BCUT2D eigenvalue weighted by molar-refractivity contribution is 7.99. The van der Waals surface area contributed by atoms with Crippen LogP contribution in [0.15, 0.2) is 23.4 Å². The molecule has 0 aliphatic heterocycles. The molecule has 5 nitrogen and oxygen atoms in total. The summed E-state index contributed by atoms with van der Waals surface area (Å²) in [6.45, 7) is 1.90. The third-order valence-corrected chi connectivity index (χ3v) is 3.17. The molecule has 104 valence electrons. The van der Waals surface area contributed by atoms with E-state index in [9.17, 15) is 13.2 Å². The maximum absolute atomic E-state index is 12.5. The molecule has 0 aromatic carbocycles. The van der Waals surface area contributed by atoms with Crippen molar-refractivity contribution in [1.29, 1.82) is 5.26 Å². The standard InChI is InChI=1S/C11H8F3N5S/c1-2-20-9-3-7(5-16-8(9)4-15)19-17-6-10(18-19)11(12,13)14/h3,5-6H,2H2,1H3. The van der Waals surface area contributed by atoms with Crippen LogP contribution in [0.4, 0.5) is 13.2 Å². The summed E-state index contributed by atoms with van der Waals surface area (Å²) in [5.74, 6) is 0.708. The minimum absolute atomic E-state index is 0.226. The van der Waals surface area contributed by atoms with Gasteiger partial charge in [0.05, 0.1) is 12.4 Å². The van der Waals surface area contributed by atoms with E-state index >= 15 is 0 Å². The average molecular weight is 299 g/mol. The van der Waals surface area contributed by atoms with Gasteiger partial charge in [-0.3, -0.25) is 0 Å². The lowest BCUT2D eigenvalue weighted by molar-refractivity contribution is -0.141. The number of thioether (sulfide) groups is 1. The Labute approximate surface area is 116 Å². The van der Waals surface area contributed by atoms with Crippen LogP contribution in [-0.2, 0) is 6.18 Å². The zero-order valence-corrected chi connectivity index (χ0v) is 11.0. The Morgan fingerprint density at radius 3 is 2.70 bits per heavy atom. The van der Waals surface area contributed by atoms with Crippen LogP contribution >= 0.6 is 11.8 Å². The SMILES string of the molecule is CCSc1cc(-n2ncc(C(F)(F)F)n2)cnc1C#N. The van der Waals surface area contributed by atoms with Crippen molar-refractivity contribution in [3.05, 3.63) is 29.8 Å². The molecule has 0 saturated carbocycles. The third-order valence-electron chi connectivity index (χ3n) is 2.26. The van der Waals surface area contributed by atoms with Crippen molar-refractivity contribution < 1.29 is 13.2 Å². The maximum Gasteiger partial charge on any atom is 0.436 e. The molecule has 0 spiro atoms. The highest BCUT2D eigenvalue weighted by atomic mass is 32.2. The fourth-order valence-corrected chi connectivity index (χ4v) is 2.16. The number of hydrogen-bond acceptors (Lipinski definition) is 5. The van der Waals surface area contributed by atoms with Crippen molar-refractivity contribution in [2.75, 3.05) is 5.75 Å². The third kappa shape index (κ3) is 2.91. The van der Waals surface area contributed by atoms with Crippen LogP contribution in [0, 0.1) is 11.3 Å². The predicted molar refractivity (Wildman–Crippen MR) is 65.3 cm³/mol. The topological polar surface area (TPSA) is 67.4 Å². The van der Waals surface area contributed by atoms with Gasteiger partial charge in [-0.15, -0.1) is 21.7 Å². The van der Waals surface area contributed by atoms with Gasteiger partial charge >= 0.3 is 6.18 Å². The molecule has 0 N–H and O–H groups in total. The molecule has 20 heavy (non-hydrogen) atoms. The highest BCUT2D eigenvalue weighted by Crippen LogP contribution is 2.27. The first-order valence-corrected chi connectivity index (χ1v) is 6.47. The summed E-state index contributed by atoms with van der Waals surface area (Å²) in [5.41, 5.74) is -0.578. The molecule has 2 heterocycles. The second-order valence-electron chi connectivity index (χ2n) is 3.60. The molecular weight excluding hydrogens is 291 g/mol. The van der Waals surface area contributed by atoms with Crippen LogP contribution in [0.3, 0.4) is 0 Å². The van der Waals surface area contributed by atoms with Crippen molar-refractivity contribution in [2.24, 2.45) is 0 Å². The quantitative estimate of drug-likeness (QED) is 0.815. The minimum Gasteiger partial charge on any atom is -0.242 e. The van der Waals surface area contributed by atoms with E-state index in [1.54, 1.807) is 6.07 Å². The highest BCUT2D eigenvalue weighted by Gasteiger charge is 2.34. The van der Waals surface area contributed by atoms with Crippen LogP contribution in [0.5, 0.6) is 0 Å². The Morgan fingerprint density at radius 1 is 1.40 bits per heavy atom. The van der Waals surface area contributed by atoms with Crippen molar-refractivity contribution in [3.8, 4) is 11.8 Å². The molecule has 2 aromatic rings. The summed E-state index contributed by atoms with van der Waals surface area (Å²) < 4.78 is 37.4. The summed E-state index contributed by atoms with van der Waals surface area (Å²) in [4.78, 5) is 5.33. The van der Waals surface area contributed by atoms with E-state index in [-0.39, 0.29) is 11.4 Å². The van der Waals surface area contributed by atoms with Crippen molar-refractivity contribution in [1.82, 2.24) is 20.0 Å². The van der Waals surface area contributed by atoms with Gasteiger partial charge in [-0.1, -0.05) is 6.92 Å². The smallest absolute Gasteiger partial charge is 0.242 e. The first-order chi connectivity index (χ1) is 9.45. The number of halogens is 3. The lowest BCUT2D eigenvalue weighted by Crippen LogP contribution is -2.08. The fourth-order valence-electron chi connectivity index (χ4n) is 1.41. The molecule has 0 aliphatic rings. The van der Waals surface area contributed by atoms with E-state index in [4.69, 9.17) is 5.26 Å². The van der Waals surface area contributed by atoms with Gasteiger partial charge in [-0.2, -0.15) is 23.5 Å². The first-order valence-electron chi connectivity index (χ1n) is 5.48. The molecule has 0 atom stereocenters. The van der Waals surface area contributed by atoms with Gasteiger partial charge in [-0.25, -0.2) is 4.98 Å². The van der Waals surface area contributed by atoms with Crippen molar-refractivity contribution in [2.45, 2.75) is 18.0 Å². The number of nitriles is 1. The molecule has 0 saturated heterocycles. The van der Waals surface area contributed by atoms with Gasteiger partial charge in [-0.05, 0) is 11.8 Å². The first kappa shape index (κ1) is 14.3. The van der Waals surface area contributed by atoms with E-state index in [0.29, 0.717) is 16.8 Å². The summed E-state index contributed by atoms with van der Waals surface area (Å²) in [7, 11) is 0. The van der Waals surface area contributed by atoms with Crippen LogP contribution in [0.2, 0.25) is 0 Å². The Morgan fingerprint density at radius 2 is 2.15 bits per heavy atom. The van der Waals surface area contributed by atoms with E-state index in [0.717, 1.165) is 4.80 Å². The summed E-state index contributed by atoms with van der Waals surface area (Å²) in [5, 5.41) is 15.8. The number of alkyl halides is 3. The van der Waals surface area contributed by atoms with E-state index in [1.807, 2.05) is 13.0 Å². The minimum atomic E-state index is -4.54. The summed E-state index contributed by atoms with van der Waals surface area (Å²) in [6.07, 6.45) is -2.64. The zero-order chi connectivity index (χ0) is 14.8. The van der Waals surface area contributed by atoms with Gasteiger partial charge in [0, 0.05) is 4.90 Å². The number of nitrogens with zero attached hydrogens (tertiary/aromatic N) is 5. The average Bonchev–Trinajstić information content (AvgIpc) is 2.88. The molecular formula is C11H8F3N5S. The molecule has 0 aliphatic carbocycles. The van der Waals surface area contributed by atoms with Crippen LogP contribution in [0.25, 0.3) is 5.69 Å². The second-order valence-corrected chi connectivity index (χ2v) is 4.91. The lowest BCUT2D eigenvalue weighted by Gasteiger charge is -2.04. The number of hydrogen-bond donors (Lipinski definition) is 0. The van der Waals surface area contributed by atoms with E-state index in [2.05, 4.69) is 15.2 Å². The van der Waals surface area contributed by atoms with Gasteiger partial charge in [0.2, 0.25) is 0 Å². The number of pyridine rings is 1. The van der Waals surface area contributed by atoms with Crippen molar-refractivity contribution in [3.63, 3.8) is 0 Å². The van der Waals surface area contributed by atoms with E-state index in [1.165, 1.54) is 18.0 Å². The maximum atomic E-state index is 12.5. The van der Waals surface area contributed by atoms with Crippen LogP contribution in [-0.4, -0.2) is 25.7 Å². The van der Waals surface area contributed by atoms with Crippen LogP contribution in [0.1, 0.15) is 18.3 Å². The van der Waals surface area contributed by atoms with Gasteiger partial charge in [0.25, 0.3) is 0 Å². The molecule has 0 radical (unpaired) electrons. The number of rotatable bonds is 3. The Bertz CT molecular complexity index is 659. The largest absolute Gasteiger partial charge is 0.436 e. The summed E-state index contributed by atoms with van der Waals surface area (Å²) >= 11 is 1.37. The number of aromatic nitrogens is 4. The van der Waals surface area contributed by atoms with Crippen LogP contribution < -0.4 is 0 Å². The zero-order valence-electron chi connectivity index (χ0n) is 10.2. The van der Waals surface area contributed by atoms with Gasteiger partial charge in [0.1, 0.15) is 11.8 Å². The fraction of sp³-hybridized carbons (Fsp3) is 0.273. The monoisotopic (exact) mass is 299 g/mol. The lowest BCUT2D eigenvalue weighted by atomic mass is 10.3. The molecule has 9 heteroatoms. The van der Waals surface area contributed by atoms with Crippen molar-refractivity contribution >= 4 is 11.8 Å². The van der Waals surface area contributed by atoms with E-state index < -0.39 is 11.9 Å². The predicted octanol–water partition coefficient (Wildman–Crippen LogP) is 2.66. The molecule has 2 rings (SSSR count). The normalized spacial score (nSPS) is 11.3. The Kier molecular flexibility index (Phi) is 3.94. The second kappa shape index (κ2) is 5.50. The molecule has 0 unspecified atom stereocenters. The summed E-state index contributed by atoms with van der Waals surface area (Å²) in [6, 6.07) is 3.47. The Balaban J connectivity index is 2.41. The molecule has 0 bridgehead atoms. The molecule has 0 fully saturated rings. The molecule has 0 amide bonds. The van der Waals surface area contributed by atoms with Gasteiger partial charge in [0.15, 0.2) is 11.4 Å². The Hall–Kier alpha value is -2.08. The van der Waals surface area contributed by atoms with Gasteiger partial charge < -0.3 is 0 Å². The molecule has 2 aromatic heterocycles.